The molecule has 1 atom stereocenters. The first-order valence-corrected chi connectivity index (χ1v) is 3.84. The molecule has 0 spiro atoms. The van der Waals surface area contributed by atoms with Crippen molar-refractivity contribution in [1.29, 1.82) is 0 Å². The monoisotopic (exact) mass is 240 g/mol. The van der Waals surface area contributed by atoms with E-state index >= 15 is 0 Å². The number of carboxylic acid groups (broad SMARTS) is 1. The maximum absolute atomic E-state index is 10.3. The summed E-state index contributed by atoms with van der Waals surface area (Å²) in [6.07, 6.45) is -1.19. The van der Waals surface area contributed by atoms with E-state index in [2.05, 4.69) is 15.9 Å². The molecule has 0 rings (SSSR count). The van der Waals surface area contributed by atoms with E-state index in [-0.39, 0.29) is 6.54 Å². The second kappa shape index (κ2) is 3.70. The van der Waals surface area contributed by atoms with Crippen LogP contribution < -0.4 is 0 Å². The molecule has 0 fully saturated rings. The third-order valence-corrected chi connectivity index (χ3v) is 1.77. The van der Waals surface area contributed by atoms with Crippen molar-refractivity contribution in [3.05, 3.63) is 10.1 Å². The molecule has 0 heterocycles. The summed E-state index contributed by atoms with van der Waals surface area (Å²) in [5.74, 6) is 0. The van der Waals surface area contributed by atoms with Gasteiger partial charge in [-0.05, 0) is 0 Å². The highest BCUT2D eigenvalue weighted by Gasteiger charge is 2.36. The minimum Gasteiger partial charge on any atom is -0.465 e. The van der Waals surface area contributed by atoms with Gasteiger partial charge in [-0.3, -0.25) is 10.1 Å². The molecule has 1 N–H and O–H groups in total. The molecule has 0 saturated heterocycles. The van der Waals surface area contributed by atoms with Crippen molar-refractivity contribution in [3.8, 4) is 0 Å². The van der Waals surface area contributed by atoms with Gasteiger partial charge in [0.15, 0.2) is 0 Å². The molecule has 0 aliphatic carbocycles. The van der Waals surface area contributed by atoms with Gasteiger partial charge >= 0.3 is 6.09 Å². The van der Waals surface area contributed by atoms with E-state index in [4.69, 9.17) is 5.11 Å². The molecule has 1 amide bonds. The topological polar surface area (TPSA) is 83.7 Å². The minimum atomic E-state index is -1.42. The van der Waals surface area contributed by atoms with Gasteiger partial charge in [-0.1, -0.05) is 0 Å². The summed E-state index contributed by atoms with van der Waals surface area (Å²) in [4.78, 5) is 20.9. The van der Waals surface area contributed by atoms with Gasteiger partial charge in [-0.15, -0.1) is 0 Å². The van der Waals surface area contributed by atoms with E-state index in [0.29, 0.717) is 0 Å². The van der Waals surface area contributed by atoms with Crippen molar-refractivity contribution in [2.75, 3.05) is 13.6 Å². The zero-order valence-corrected chi connectivity index (χ0v) is 8.24. The van der Waals surface area contributed by atoms with E-state index in [9.17, 15) is 14.9 Å². The second-order valence-corrected chi connectivity index (χ2v) is 4.25. The fourth-order valence-corrected chi connectivity index (χ4v) is 0.934. The number of likely N-dealkylation sites (N-methyl/N-ethyl adjacent to an activating group) is 1. The number of alkyl halides is 1. The Labute approximate surface area is 77.4 Å². The zero-order chi connectivity index (χ0) is 9.94. The van der Waals surface area contributed by atoms with Crippen LogP contribution in [0.2, 0.25) is 0 Å². The smallest absolute Gasteiger partial charge is 0.407 e. The van der Waals surface area contributed by atoms with Gasteiger partial charge in [0.05, 0.1) is 0 Å². The van der Waals surface area contributed by atoms with Crippen LogP contribution in [0.4, 0.5) is 4.79 Å². The Balaban J connectivity index is 4.24. The summed E-state index contributed by atoms with van der Waals surface area (Å²) in [6, 6.07) is 0. The molecule has 0 aromatic carbocycles. The van der Waals surface area contributed by atoms with Crippen LogP contribution in [-0.4, -0.2) is 39.1 Å². The summed E-state index contributed by atoms with van der Waals surface area (Å²) in [5.41, 5.74) is 0. The van der Waals surface area contributed by atoms with E-state index < -0.39 is 15.5 Å². The van der Waals surface area contributed by atoms with Gasteiger partial charge in [0.1, 0.15) is 6.54 Å². The summed E-state index contributed by atoms with van der Waals surface area (Å²) < 4.78 is -1.42. The third kappa shape index (κ3) is 3.04. The Kier molecular flexibility index (Phi) is 3.44. The van der Waals surface area contributed by atoms with Gasteiger partial charge in [-0.2, -0.15) is 0 Å². The lowest BCUT2D eigenvalue weighted by atomic mass is 10.3. The molecule has 6 nitrogen and oxygen atoms in total. The average molecular weight is 241 g/mol. The number of nitro groups is 1. The fourth-order valence-electron chi connectivity index (χ4n) is 0.558. The van der Waals surface area contributed by atoms with Crippen LogP contribution in [0.15, 0.2) is 0 Å². The van der Waals surface area contributed by atoms with Gasteiger partial charge in [0, 0.05) is 34.8 Å². The summed E-state index contributed by atoms with van der Waals surface area (Å²) in [7, 11) is 1.27. The molecule has 12 heavy (non-hydrogen) atoms. The highest BCUT2D eigenvalue weighted by Crippen LogP contribution is 2.18. The molecule has 0 bridgehead atoms. The minimum absolute atomic E-state index is 0.199. The summed E-state index contributed by atoms with van der Waals surface area (Å²) in [5, 5.41) is 18.7. The van der Waals surface area contributed by atoms with Crippen LogP contribution in [0.3, 0.4) is 0 Å². The Morgan fingerprint density at radius 2 is 2.25 bits per heavy atom. The van der Waals surface area contributed by atoms with Crippen molar-refractivity contribution in [2.24, 2.45) is 0 Å². The summed E-state index contributed by atoms with van der Waals surface area (Å²) in [6.45, 7) is 1.10. The Bertz CT molecular complexity index is 206. The number of hydrogen-bond acceptors (Lipinski definition) is 3. The molecular weight excluding hydrogens is 232 g/mol. The number of amides is 1. The Morgan fingerprint density at radius 3 is 2.50 bits per heavy atom. The van der Waals surface area contributed by atoms with Crippen molar-refractivity contribution in [2.45, 2.75) is 11.4 Å². The number of hydrogen-bond donors (Lipinski definition) is 1. The zero-order valence-electron chi connectivity index (χ0n) is 6.65. The summed E-state index contributed by atoms with van der Waals surface area (Å²) >= 11 is 2.81. The van der Waals surface area contributed by atoms with E-state index in [1.807, 2.05) is 0 Å². The molecule has 1 unspecified atom stereocenters. The number of rotatable bonds is 3. The maximum atomic E-state index is 10.3. The van der Waals surface area contributed by atoms with Crippen molar-refractivity contribution in [1.82, 2.24) is 4.90 Å². The lowest BCUT2D eigenvalue weighted by Crippen LogP contribution is -2.42. The maximum Gasteiger partial charge on any atom is 0.407 e. The molecule has 0 aliphatic rings. The molecule has 0 saturated carbocycles. The Morgan fingerprint density at radius 1 is 1.83 bits per heavy atom. The quantitative estimate of drug-likeness (QED) is 0.345. The first-order valence-electron chi connectivity index (χ1n) is 3.05. The lowest BCUT2D eigenvalue weighted by molar-refractivity contribution is -0.530. The standard InChI is InChI=1S/C5H9BrN2O4/c1-5(6,8(11)12)3-7(2)4(9)10/h3H2,1-2H3,(H,9,10). The van der Waals surface area contributed by atoms with Crippen molar-refractivity contribution < 1.29 is 14.8 Å². The number of carbonyl (C=O) groups is 1. The number of halogens is 1. The molecule has 0 aromatic rings. The van der Waals surface area contributed by atoms with Gasteiger partial charge in [-0.25, -0.2) is 4.79 Å². The van der Waals surface area contributed by atoms with Crippen LogP contribution >= 0.6 is 15.9 Å². The van der Waals surface area contributed by atoms with Gasteiger partial charge in [0.25, 0.3) is 4.45 Å². The third-order valence-electron chi connectivity index (χ3n) is 1.23. The predicted octanol–water partition coefficient (Wildman–Crippen LogP) is 0.984. The van der Waals surface area contributed by atoms with E-state index in [1.165, 1.54) is 14.0 Å². The first kappa shape index (κ1) is 11.2. The normalized spacial score (nSPS) is 14.9. The van der Waals surface area contributed by atoms with Gasteiger partial charge < -0.3 is 10.0 Å². The largest absolute Gasteiger partial charge is 0.465 e. The van der Waals surface area contributed by atoms with Crippen LogP contribution in [0.25, 0.3) is 0 Å². The van der Waals surface area contributed by atoms with Crippen molar-refractivity contribution in [3.63, 3.8) is 0 Å². The van der Waals surface area contributed by atoms with Crippen LogP contribution in [0.1, 0.15) is 6.92 Å². The molecule has 70 valence electrons. The van der Waals surface area contributed by atoms with E-state index in [0.717, 1.165) is 4.90 Å². The molecule has 0 aliphatic heterocycles. The van der Waals surface area contributed by atoms with Crippen LogP contribution in [-0.2, 0) is 0 Å². The average Bonchev–Trinajstić information content (AvgIpc) is 1.85. The fraction of sp³-hybridized carbons (Fsp3) is 0.800. The first-order chi connectivity index (χ1) is 5.27. The molecule has 0 radical (unpaired) electrons. The second-order valence-electron chi connectivity index (χ2n) is 2.54. The van der Waals surface area contributed by atoms with Crippen molar-refractivity contribution >= 4 is 22.0 Å². The highest BCUT2D eigenvalue weighted by molar-refractivity contribution is 9.10. The van der Waals surface area contributed by atoms with Crippen LogP contribution in [0, 0.1) is 10.1 Å². The lowest BCUT2D eigenvalue weighted by Gasteiger charge is -2.19. The van der Waals surface area contributed by atoms with Crippen LogP contribution in [0.5, 0.6) is 0 Å². The SMILES string of the molecule is CN(CC(C)(Br)[N+](=O)[O-])C(=O)O. The van der Waals surface area contributed by atoms with E-state index in [1.54, 1.807) is 0 Å². The highest BCUT2D eigenvalue weighted by atomic mass is 79.9. The molecule has 0 aromatic heterocycles. The molecule has 7 heteroatoms. The number of nitrogens with zero attached hydrogens (tertiary/aromatic N) is 2. The predicted molar refractivity (Wildman–Crippen MR) is 45.0 cm³/mol. The Hall–Kier alpha value is -0.850. The molecular formula is C5H9BrN2O4. The van der Waals surface area contributed by atoms with Gasteiger partial charge in [0.2, 0.25) is 0 Å².